The highest BCUT2D eigenvalue weighted by Crippen LogP contribution is 1.98. The average Bonchev–Trinajstić information content (AvgIpc) is 2.61. The predicted octanol–water partition coefficient (Wildman–Crippen LogP) is 0.107. The first-order valence-corrected chi connectivity index (χ1v) is 4.67. The number of carboxylic acid groups (broad SMARTS) is 1. The van der Waals surface area contributed by atoms with E-state index in [-0.39, 0.29) is 18.1 Å². The van der Waals surface area contributed by atoms with Crippen LogP contribution in [-0.2, 0) is 11.3 Å². The zero-order chi connectivity index (χ0) is 11.3. The molecule has 82 valence electrons. The van der Waals surface area contributed by atoms with E-state index in [2.05, 4.69) is 10.4 Å². The summed E-state index contributed by atoms with van der Waals surface area (Å²) in [5.41, 5.74) is 0.269. The Balaban J connectivity index is 2.71. The number of carboxylic acids is 1. The Morgan fingerprint density at radius 2 is 2.33 bits per heavy atom. The summed E-state index contributed by atoms with van der Waals surface area (Å²) in [5, 5.41) is 15.0. The van der Waals surface area contributed by atoms with E-state index in [1.807, 2.05) is 6.92 Å². The third kappa shape index (κ3) is 3.08. The van der Waals surface area contributed by atoms with E-state index >= 15 is 0 Å². The molecule has 1 rings (SSSR count). The average molecular weight is 211 g/mol. The lowest BCUT2D eigenvalue weighted by Crippen LogP contribution is -2.27. The fourth-order valence-electron chi connectivity index (χ4n) is 1.11. The van der Waals surface area contributed by atoms with E-state index < -0.39 is 5.97 Å². The van der Waals surface area contributed by atoms with Crippen LogP contribution in [0, 0.1) is 0 Å². The van der Waals surface area contributed by atoms with Crippen LogP contribution >= 0.6 is 0 Å². The molecule has 1 aromatic rings. The van der Waals surface area contributed by atoms with Gasteiger partial charge < -0.3 is 10.4 Å². The van der Waals surface area contributed by atoms with Crippen LogP contribution in [0.5, 0.6) is 0 Å². The summed E-state index contributed by atoms with van der Waals surface area (Å²) in [5.74, 6) is -1.32. The molecule has 2 N–H and O–H groups in total. The Labute approximate surface area is 86.9 Å². The molecule has 0 saturated carbocycles. The Morgan fingerprint density at radius 3 is 2.93 bits per heavy atom. The first-order valence-electron chi connectivity index (χ1n) is 4.67. The lowest BCUT2D eigenvalue weighted by Gasteiger charge is -2.05. The Morgan fingerprint density at radius 1 is 1.60 bits per heavy atom. The standard InChI is InChI=1S/C9H13N3O3/c1-2-4-10-9(15)7-3-5-11-12(7)6-8(13)14/h3,5H,2,4,6H2,1H3,(H,10,15)(H,13,14). The Kier molecular flexibility index (Phi) is 3.84. The van der Waals surface area contributed by atoms with Crippen LogP contribution in [0.3, 0.4) is 0 Å². The van der Waals surface area contributed by atoms with Crippen molar-refractivity contribution in [3.05, 3.63) is 18.0 Å². The van der Waals surface area contributed by atoms with Gasteiger partial charge in [-0.3, -0.25) is 9.59 Å². The minimum atomic E-state index is -1.02. The number of carbonyl (C=O) groups is 2. The Bertz CT molecular complexity index is 359. The molecule has 0 aliphatic heterocycles. The summed E-state index contributed by atoms with van der Waals surface area (Å²) < 4.78 is 1.16. The van der Waals surface area contributed by atoms with E-state index in [9.17, 15) is 9.59 Å². The second-order valence-electron chi connectivity index (χ2n) is 3.02. The molecule has 0 aliphatic carbocycles. The van der Waals surface area contributed by atoms with Crippen molar-refractivity contribution < 1.29 is 14.7 Å². The molecule has 0 spiro atoms. The van der Waals surface area contributed by atoms with Crippen molar-refractivity contribution >= 4 is 11.9 Å². The van der Waals surface area contributed by atoms with Crippen molar-refractivity contribution in [3.8, 4) is 0 Å². The maximum Gasteiger partial charge on any atom is 0.325 e. The van der Waals surface area contributed by atoms with E-state index in [0.29, 0.717) is 6.54 Å². The highest BCUT2D eigenvalue weighted by Gasteiger charge is 2.12. The second kappa shape index (κ2) is 5.14. The van der Waals surface area contributed by atoms with E-state index in [1.54, 1.807) is 0 Å². The van der Waals surface area contributed by atoms with Gasteiger partial charge in [-0.05, 0) is 12.5 Å². The zero-order valence-corrected chi connectivity index (χ0v) is 8.43. The van der Waals surface area contributed by atoms with Crippen LogP contribution < -0.4 is 5.32 Å². The topological polar surface area (TPSA) is 84.2 Å². The van der Waals surface area contributed by atoms with E-state index in [1.165, 1.54) is 12.3 Å². The molecule has 0 radical (unpaired) electrons. The zero-order valence-electron chi connectivity index (χ0n) is 8.43. The molecule has 0 saturated heterocycles. The summed E-state index contributed by atoms with van der Waals surface area (Å²) in [6, 6.07) is 1.49. The highest BCUT2D eigenvalue weighted by molar-refractivity contribution is 5.92. The molecule has 1 amide bonds. The summed E-state index contributed by atoms with van der Waals surface area (Å²) >= 11 is 0. The molecule has 6 heteroatoms. The minimum Gasteiger partial charge on any atom is -0.480 e. The van der Waals surface area contributed by atoms with Crippen LogP contribution in [0.4, 0.5) is 0 Å². The molecule has 0 bridgehead atoms. The van der Waals surface area contributed by atoms with Crippen LogP contribution in [0.1, 0.15) is 23.8 Å². The minimum absolute atomic E-state index is 0.269. The van der Waals surface area contributed by atoms with Gasteiger partial charge in [0.25, 0.3) is 5.91 Å². The monoisotopic (exact) mass is 211 g/mol. The van der Waals surface area contributed by atoms with Crippen molar-refractivity contribution in [2.45, 2.75) is 19.9 Å². The van der Waals surface area contributed by atoms with Crippen molar-refractivity contribution in [1.82, 2.24) is 15.1 Å². The highest BCUT2D eigenvalue weighted by atomic mass is 16.4. The van der Waals surface area contributed by atoms with Crippen molar-refractivity contribution in [2.75, 3.05) is 6.54 Å². The number of nitrogens with one attached hydrogen (secondary N) is 1. The molecule has 1 heterocycles. The lowest BCUT2D eigenvalue weighted by molar-refractivity contribution is -0.137. The van der Waals surface area contributed by atoms with Crippen LogP contribution in [0.2, 0.25) is 0 Å². The summed E-state index contributed by atoms with van der Waals surface area (Å²) in [4.78, 5) is 22.0. The quantitative estimate of drug-likeness (QED) is 0.723. The van der Waals surface area contributed by atoms with Gasteiger partial charge in [0.15, 0.2) is 0 Å². The molecular weight excluding hydrogens is 198 g/mol. The fraction of sp³-hybridized carbons (Fsp3) is 0.444. The number of hydrogen-bond donors (Lipinski definition) is 2. The fourth-order valence-corrected chi connectivity index (χ4v) is 1.11. The Hall–Kier alpha value is -1.85. The van der Waals surface area contributed by atoms with Gasteiger partial charge in [0.1, 0.15) is 12.2 Å². The third-order valence-electron chi connectivity index (χ3n) is 1.77. The number of carbonyl (C=O) groups excluding carboxylic acids is 1. The maximum absolute atomic E-state index is 11.5. The van der Waals surface area contributed by atoms with E-state index in [0.717, 1.165) is 11.1 Å². The molecule has 0 fully saturated rings. The van der Waals surface area contributed by atoms with E-state index in [4.69, 9.17) is 5.11 Å². The first kappa shape index (κ1) is 11.2. The number of nitrogens with zero attached hydrogens (tertiary/aromatic N) is 2. The van der Waals surface area contributed by atoms with Crippen LogP contribution in [0.15, 0.2) is 12.3 Å². The van der Waals surface area contributed by atoms with Crippen molar-refractivity contribution in [1.29, 1.82) is 0 Å². The number of aromatic nitrogens is 2. The largest absolute Gasteiger partial charge is 0.480 e. The van der Waals surface area contributed by atoms with Crippen molar-refractivity contribution in [3.63, 3.8) is 0 Å². The van der Waals surface area contributed by atoms with Crippen molar-refractivity contribution in [2.24, 2.45) is 0 Å². The van der Waals surface area contributed by atoms with Gasteiger partial charge in [0.05, 0.1) is 0 Å². The van der Waals surface area contributed by atoms with Gasteiger partial charge in [-0.15, -0.1) is 0 Å². The van der Waals surface area contributed by atoms with Gasteiger partial charge in [0, 0.05) is 12.7 Å². The maximum atomic E-state index is 11.5. The number of aliphatic carboxylic acids is 1. The lowest BCUT2D eigenvalue weighted by atomic mass is 10.3. The number of hydrogen-bond acceptors (Lipinski definition) is 3. The molecule has 0 atom stereocenters. The molecular formula is C9H13N3O3. The first-order chi connectivity index (χ1) is 7.15. The van der Waals surface area contributed by atoms with Gasteiger partial charge >= 0.3 is 5.97 Å². The van der Waals surface area contributed by atoms with Crippen LogP contribution in [0.25, 0.3) is 0 Å². The summed E-state index contributed by atoms with van der Waals surface area (Å²) in [6.45, 7) is 2.20. The normalized spacial score (nSPS) is 9.93. The summed E-state index contributed by atoms with van der Waals surface area (Å²) in [6.07, 6.45) is 2.24. The van der Waals surface area contributed by atoms with Gasteiger partial charge in [-0.25, -0.2) is 4.68 Å². The van der Waals surface area contributed by atoms with Crippen LogP contribution in [-0.4, -0.2) is 33.3 Å². The van der Waals surface area contributed by atoms with Gasteiger partial charge in [0.2, 0.25) is 0 Å². The summed E-state index contributed by atoms with van der Waals surface area (Å²) in [7, 11) is 0. The number of rotatable bonds is 5. The SMILES string of the molecule is CCCNC(=O)c1ccnn1CC(=O)O. The third-order valence-corrected chi connectivity index (χ3v) is 1.77. The second-order valence-corrected chi connectivity index (χ2v) is 3.02. The number of amides is 1. The molecule has 15 heavy (non-hydrogen) atoms. The molecule has 0 unspecified atom stereocenters. The van der Waals surface area contributed by atoms with Gasteiger partial charge in [-0.1, -0.05) is 6.92 Å². The molecule has 1 aromatic heterocycles. The smallest absolute Gasteiger partial charge is 0.325 e. The molecule has 6 nitrogen and oxygen atoms in total. The van der Waals surface area contributed by atoms with Gasteiger partial charge in [-0.2, -0.15) is 5.10 Å². The predicted molar refractivity (Wildman–Crippen MR) is 52.5 cm³/mol. The molecule has 0 aromatic carbocycles. The molecule has 0 aliphatic rings.